The summed E-state index contributed by atoms with van der Waals surface area (Å²) in [5.41, 5.74) is 6.49. The summed E-state index contributed by atoms with van der Waals surface area (Å²) in [7, 11) is 1.55. The number of carbonyl (C=O) groups is 1. The third kappa shape index (κ3) is 3.23. The van der Waals surface area contributed by atoms with Crippen molar-refractivity contribution < 1.29 is 13.9 Å². The molecule has 0 saturated heterocycles. The maximum absolute atomic E-state index is 13.3. The Labute approximate surface area is 115 Å². The van der Waals surface area contributed by atoms with Crippen molar-refractivity contribution in [3.05, 3.63) is 53.5 Å². The summed E-state index contributed by atoms with van der Waals surface area (Å²) in [4.78, 5) is 15.1. The maximum atomic E-state index is 13.3. The van der Waals surface area contributed by atoms with E-state index in [0.717, 1.165) is 5.56 Å². The zero-order valence-electron chi connectivity index (χ0n) is 10.9. The SMILES string of the molecule is COc1ccc(CNc2ccc(F)c(C(N)=O)c2)cn1. The van der Waals surface area contributed by atoms with Crippen molar-refractivity contribution in [3.63, 3.8) is 0 Å². The number of nitrogens with two attached hydrogens (primary N) is 1. The number of amides is 1. The monoisotopic (exact) mass is 275 g/mol. The largest absolute Gasteiger partial charge is 0.481 e. The van der Waals surface area contributed by atoms with Crippen LogP contribution in [0.2, 0.25) is 0 Å². The van der Waals surface area contributed by atoms with E-state index in [9.17, 15) is 9.18 Å². The zero-order valence-corrected chi connectivity index (χ0v) is 10.9. The minimum absolute atomic E-state index is 0.136. The van der Waals surface area contributed by atoms with E-state index in [1.54, 1.807) is 25.4 Å². The number of hydrogen-bond acceptors (Lipinski definition) is 4. The van der Waals surface area contributed by atoms with Crippen LogP contribution in [0.15, 0.2) is 36.5 Å². The summed E-state index contributed by atoms with van der Waals surface area (Å²) in [6, 6.07) is 7.73. The second-order valence-corrected chi connectivity index (χ2v) is 4.12. The summed E-state index contributed by atoms with van der Waals surface area (Å²) >= 11 is 0. The van der Waals surface area contributed by atoms with Crippen LogP contribution < -0.4 is 15.8 Å². The molecule has 0 unspecified atom stereocenters. The van der Waals surface area contributed by atoms with E-state index in [1.807, 2.05) is 6.07 Å². The lowest BCUT2D eigenvalue weighted by Crippen LogP contribution is -2.13. The van der Waals surface area contributed by atoms with Crippen molar-refractivity contribution in [2.24, 2.45) is 5.73 Å². The molecule has 0 aliphatic carbocycles. The Kier molecular flexibility index (Phi) is 4.14. The van der Waals surface area contributed by atoms with Gasteiger partial charge < -0.3 is 15.8 Å². The standard InChI is InChI=1S/C14H14FN3O2/c1-20-13-5-2-9(8-18-13)7-17-10-3-4-12(15)11(6-10)14(16)19/h2-6,8,17H,7H2,1H3,(H2,16,19). The fraction of sp³-hybridized carbons (Fsp3) is 0.143. The third-order valence-electron chi connectivity index (χ3n) is 2.74. The van der Waals surface area contributed by atoms with Gasteiger partial charge in [-0.3, -0.25) is 4.79 Å². The molecule has 0 saturated carbocycles. The number of hydrogen-bond donors (Lipinski definition) is 2. The summed E-state index contributed by atoms with van der Waals surface area (Å²) in [5, 5.41) is 3.07. The molecule has 1 aromatic carbocycles. The Hall–Kier alpha value is -2.63. The van der Waals surface area contributed by atoms with Gasteiger partial charge >= 0.3 is 0 Å². The van der Waals surface area contributed by atoms with Crippen LogP contribution in [-0.2, 0) is 6.54 Å². The van der Waals surface area contributed by atoms with Gasteiger partial charge in [-0.15, -0.1) is 0 Å². The first-order valence-electron chi connectivity index (χ1n) is 5.92. The van der Waals surface area contributed by atoms with Gasteiger partial charge in [0.1, 0.15) is 5.82 Å². The van der Waals surface area contributed by atoms with Gasteiger partial charge in [0.2, 0.25) is 5.88 Å². The number of nitrogens with one attached hydrogen (secondary N) is 1. The van der Waals surface area contributed by atoms with Gasteiger partial charge in [0.05, 0.1) is 12.7 Å². The van der Waals surface area contributed by atoms with Crippen LogP contribution in [0.25, 0.3) is 0 Å². The molecule has 3 N–H and O–H groups in total. The van der Waals surface area contributed by atoms with Gasteiger partial charge in [-0.1, -0.05) is 6.07 Å². The van der Waals surface area contributed by atoms with E-state index in [2.05, 4.69) is 10.3 Å². The van der Waals surface area contributed by atoms with Crippen LogP contribution in [0, 0.1) is 5.82 Å². The molecule has 6 heteroatoms. The molecule has 104 valence electrons. The molecule has 0 radical (unpaired) electrons. The molecule has 0 fully saturated rings. The number of methoxy groups -OCH3 is 1. The van der Waals surface area contributed by atoms with Crippen LogP contribution in [0.5, 0.6) is 5.88 Å². The van der Waals surface area contributed by atoms with Gasteiger partial charge in [-0.2, -0.15) is 0 Å². The van der Waals surface area contributed by atoms with Gasteiger partial charge in [0.25, 0.3) is 5.91 Å². The van der Waals surface area contributed by atoms with Crippen molar-refractivity contribution >= 4 is 11.6 Å². The minimum Gasteiger partial charge on any atom is -0.481 e. The van der Waals surface area contributed by atoms with Crippen LogP contribution >= 0.6 is 0 Å². The van der Waals surface area contributed by atoms with Crippen molar-refractivity contribution in [1.29, 1.82) is 0 Å². The second kappa shape index (κ2) is 6.01. The van der Waals surface area contributed by atoms with Crippen molar-refractivity contribution in [2.75, 3.05) is 12.4 Å². The molecule has 1 heterocycles. The van der Waals surface area contributed by atoms with Gasteiger partial charge in [-0.25, -0.2) is 9.37 Å². The fourth-order valence-corrected chi connectivity index (χ4v) is 1.66. The Bertz CT molecular complexity index is 614. The van der Waals surface area contributed by atoms with Crippen molar-refractivity contribution in [1.82, 2.24) is 4.98 Å². The highest BCUT2D eigenvalue weighted by molar-refractivity contribution is 5.94. The summed E-state index contributed by atoms with van der Waals surface area (Å²) in [6.45, 7) is 0.487. The molecule has 20 heavy (non-hydrogen) atoms. The number of anilines is 1. The Morgan fingerprint density at radius 1 is 1.40 bits per heavy atom. The molecule has 1 amide bonds. The Morgan fingerprint density at radius 2 is 2.20 bits per heavy atom. The molecular weight excluding hydrogens is 261 g/mol. The van der Waals surface area contributed by atoms with E-state index in [1.165, 1.54) is 12.1 Å². The molecular formula is C14H14FN3O2. The highest BCUT2D eigenvalue weighted by Gasteiger charge is 2.08. The summed E-state index contributed by atoms with van der Waals surface area (Å²) in [5.74, 6) is -0.891. The van der Waals surface area contributed by atoms with Gasteiger partial charge in [-0.05, 0) is 23.8 Å². The number of nitrogens with zero attached hydrogens (tertiary/aromatic N) is 1. The lowest BCUT2D eigenvalue weighted by Gasteiger charge is -2.08. The number of ether oxygens (including phenoxy) is 1. The van der Waals surface area contributed by atoms with Crippen molar-refractivity contribution in [2.45, 2.75) is 6.54 Å². The summed E-state index contributed by atoms with van der Waals surface area (Å²) < 4.78 is 18.3. The molecule has 5 nitrogen and oxygen atoms in total. The fourth-order valence-electron chi connectivity index (χ4n) is 1.66. The molecule has 0 aliphatic rings. The van der Waals surface area contributed by atoms with Crippen LogP contribution in [0.3, 0.4) is 0 Å². The molecule has 2 aromatic rings. The number of aromatic nitrogens is 1. The lowest BCUT2D eigenvalue weighted by atomic mass is 10.1. The number of carbonyl (C=O) groups excluding carboxylic acids is 1. The van der Waals surface area contributed by atoms with E-state index < -0.39 is 11.7 Å². The molecule has 1 aromatic heterocycles. The molecule has 2 rings (SSSR count). The smallest absolute Gasteiger partial charge is 0.251 e. The topological polar surface area (TPSA) is 77.2 Å². The lowest BCUT2D eigenvalue weighted by molar-refractivity contribution is 0.0996. The first kappa shape index (κ1) is 13.8. The second-order valence-electron chi connectivity index (χ2n) is 4.12. The average molecular weight is 275 g/mol. The highest BCUT2D eigenvalue weighted by Crippen LogP contribution is 2.15. The van der Waals surface area contributed by atoms with E-state index >= 15 is 0 Å². The van der Waals surface area contributed by atoms with Gasteiger partial charge in [0.15, 0.2) is 0 Å². The Morgan fingerprint density at radius 3 is 2.80 bits per heavy atom. The highest BCUT2D eigenvalue weighted by atomic mass is 19.1. The first-order chi connectivity index (χ1) is 9.60. The van der Waals surface area contributed by atoms with Crippen molar-refractivity contribution in [3.8, 4) is 5.88 Å². The van der Waals surface area contributed by atoms with E-state index in [0.29, 0.717) is 18.1 Å². The van der Waals surface area contributed by atoms with Crippen LogP contribution in [-0.4, -0.2) is 18.0 Å². The predicted octanol–water partition coefficient (Wildman–Crippen LogP) is 1.94. The molecule has 0 aliphatic heterocycles. The first-order valence-corrected chi connectivity index (χ1v) is 5.92. The van der Waals surface area contributed by atoms with Gasteiger partial charge in [0, 0.05) is 24.5 Å². The quantitative estimate of drug-likeness (QED) is 0.874. The normalized spacial score (nSPS) is 10.1. The number of halogens is 1. The molecule has 0 atom stereocenters. The molecule has 0 bridgehead atoms. The maximum Gasteiger partial charge on any atom is 0.251 e. The van der Waals surface area contributed by atoms with Crippen LogP contribution in [0.4, 0.5) is 10.1 Å². The number of rotatable bonds is 5. The van der Waals surface area contributed by atoms with E-state index in [-0.39, 0.29) is 5.56 Å². The molecule has 0 spiro atoms. The third-order valence-corrected chi connectivity index (χ3v) is 2.74. The average Bonchev–Trinajstić information content (AvgIpc) is 2.46. The predicted molar refractivity (Wildman–Crippen MR) is 73.0 cm³/mol. The van der Waals surface area contributed by atoms with Crippen LogP contribution in [0.1, 0.15) is 15.9 Å². The van der Waals surface area contributed by atoms with E-state index in [4.69, 9.17) is 10.5 Å². The Balaban J connectivity index is 2.06. The minimum atomic E-state index is -0.794. The number of pyridine rings is 1. The number of primary amides is 1. The number of benzene rings is 1. The zero-order chi connectivity index (χ0) is 14.5. The summed E-state index contributed by atoms with van der Waals surface area (Å²) in [6.07, 6.45) is 1.67.